The zero-order chi connectivity index (χ0) is 53.9. The summed E-state index contributed by atoms with van der Waals surface area (Å²) in [6.07, 6.45) is 35.3. The minimum absolute atomic E-state index is 0.199. The van der Waals surface area contributed by atoms with Crippen LogP contribution in [0.25, 0.3) is 0 Å². The predicted molar refractivity (Wildman–Crippen MR) is 296 cm³/mol. The molecule has 14 nitrogen and oxygen atoms in total. The number of carbonyl (C=O) groups excluding carboxylic acids is 1. The first-order valence-electron chi connectivity index (χ1n) is 31.3. The van der Waals surface area contributed by atoms with Gasteiger partial charge >= 0.3 is 0 Å². The number of rotatable bonds is 51. The molecule has 2 saturated heterocycles. The first kappa shape index (κ1) is 69.1. The summed E-state index contributed by atoms with van der Waals surface area (Å²) >= 11 is 0. The number of hydrogen-bond donors (Lipinski definition) is 9. The molecule has 2 rings (SSSR count). The molecular formula is C60H117NO13. The Morgan fingerprint density at radius 3 is 1.15 bits per heavy atom. The molecule has 0 aromatic rings. The van der Waals surface area contributed by atoms with E-state index in [-0.39, 0.29) is 12.5 Å². The van der Waals surface area contributed by atoms with Crippen LogP contribution in [0.3, 0.4) is 0 Å². The van der Waals surface area contributed by atoms with Crippen molar-refractivity contribution in [3.05, 3.63) is 0 Å². The lowest BCUT2D eigenvalue weighted by molar-refractivity contribution is -0.359. The van der Waals surface area contributed by atoms with Crippen molar-refractivity contribution in [1.82, 2.24) is 5.32 Å². The standard InChI is InChI=1S/C60H117NO13/c1-3-5-7-9-11-13-15-17-19-21-23-25-27-29-31-33-35-37-39-41-43-49(64)48(61-52(65)44-42-40-38-36-34-32-30-28-26-24-22-20-18-16-14-12-10-8-6-4-2)47-71-59-57(70)55(68)58(51(46-63)73-59)74-60-56(69)54(67)53(66)50(45-62)72-60/h48-51,53-60,62-64,66-70H,3-47H2,1-2H3,(H,61,65). The lowest BCUT2D eigenvalue weighted by atomic mass is 9.97. The Balaban J connectivity index is 1.73. The number of aliphatic hydroxyl groups excluding tert-OH is 8. The van der Waals surface area contributed by atoms with Crippen LogP contribution in [0.4, 0.5) is 0 Å². The molecule has 0 radical (unpaired) electrons. The molecular weight excluding hydrogens is 943 g/mol. The number of nitrogens with one attached hydrogen (secondary N) is 1. The van der Waals surface area contributed by atoms with Gasteiger partial charge in [0.25, 0.3) is 0 Å². The van der Waals surface area contributed by atoms with Crippen molar-refractivity contribution in [3.63, 3.8) is 0 Å². The summed E-state index contributed by atoms with van der Waals surface area (Å²) in [6.45, 7) is 2.91. The van der Waals surface area contributed by atoms with Crippen molar-refractivity contribution in [2.45, 2.75) is 357 Å². The van der Waals surface area contributed by atoms with Gasteiger partial charge in [-0.15, -0.1) is 0 Å². The maximum atomic E-state index is 13.3. The third-order valence-electron chi connectivity index (χ3n) is 15.8. The molecule has 0 bridgehead atoms. The molecule has 2 fully saturated rings. The molecule has 0 aliphatic carbocycles. The maximum absolute atomic E-state index is 13.3. The molecule has 74 heavy (non-hydrogen) atoms. The quantitative estimate of drug-likeness (QED) is 0.0259. The molecule has 2 aliphatic heterocycles. The molecule has 440 valence electrons. The Kier molecular flexibility index (Phi) is 43.8. The Morgan fingerprint density at radius 2 is 0.770 bits per heavy atom. The highest BCUT2D eigenvalue weighted by Crippen LogP contribution is 2.30. The van der Waals surface area contributed by atoms with Crippen molar-refractivity contribution in [2.75, 3.05) is 19.8 Å². The van der Waals surface area contributed by atoms with Crippen LogP contribution in [-0.2, 0) is 23.7 Å². The summed E-state index contributed by atoms with van der Waals surface area (Å²) in [5.74, 6) is -0.199. The van der Waals surface area contributed by atoms with E-state index in [1.165, 1.54) is 205 Å². The van der Waals surface area contributed by atoms with Gasteiger partial charge in [-0.05, 0) is 12.8 Å². The van der Waals surface area contributed by atoms with Crippen LogP contribution in [0, 0.1) is 0 Å². The van der Waals surface area contributed by atoms with Gasteiger partial charge in [0.05, 0.1) is 32.0 Å². The average Bonchev–Trinajstić information content (AvgIpc) is 3.40. The number of hydrogen-bond acceptors (Lipinski definition) is 13. The second kappa shape index (κ2) is 46.9. The van der Waals surface area contributed by atoms with Crippen LogP contribution in [0.1, 0.15) is 284 Å². The van der Waals surface area contributed by atoms with Crippen molar-refractivity contribution in [3.8, 4) is 0 Å². The second-order valence-corrected chi connectivity index (χ2v) is 22.6. The molecule has 12 unspecified atom stereocenters. The molecule has 9 N–H and O–H groups in total. The van der Waals surface area contributed by atoms with Gasteiger partial charge in [-0.2, -0.15) is 0 Å². The van der Waals surface area contributed by atoms with Gasteiger partial charge in [0.2, 0.25) is 5.91 Å². The molecule has 12 atom stereocenters. The number of aliphatic hydroxyl groups is 8. The Labute approximate surface area is 451 Å². The van der Waals surface area contributed by atoms with Crippen LogP contribution in [0.5, 0.6) is 0 Å². The second-order valence-electron chi connectivity index (χ2n) is 22.6. The van der Waals surface area contributed by atoms with Crippen LogP contribution < -0.4 is 5.32 Å². The van der Waals surface area contributed by atoms with Gasteiger partial charge < -0.3 is 65.1 Å². The highest BCUT2D eigenvalue weighted by Gasteiger charge is 2.51. The molecule has 1 amide bonds. The summed E-state index contributed by atoms with van der Waals surface area (Å²) in [4.78, 5) is 13.3. The van der Waals surface area contributed by atoms with E-state index in [2.05, 4.69) is 19.2 Å². The van der Waals surface area contributed by atoms with E-state index >= 15 is 0 Å². The monoisotopic (exact) mass is 1060 g/mol. The fourth-order valence-corrected chi connectivity index (χ4v) is 10.8. The first-order valence-corrected chi connectivity index (χ1v) is 31.3. The van der Waals surface area contributed by atoms with Gasteiger partial charge in [-0.1, -0.05) is 264 Å². The highest BCUT2D eigenvalue weighted by atomic mass is 16.7. The lowest BCUT2D eigenvalue weighted by Gasteiger charge is -2.46. The zero-order valence-corrected chi connectivity index (χ0v) is 47.4. The zero-order valence-electron chi connectivity index (χ0n) is 47.4. The highest BCUT2D eigenvalue weighted by molar-refractivity contribution is 5.76. The van der Waals surface area contributed by atoms with Gasteiger partial charge in [0.15, 0.2) is 12.6 Å². The number of amides is 1. The Morgan fingerprint density at radius 1 is 0.432 bits per heavy atom. The van der Waals surface area contributed by atoms with Crippen LogP contribution in [0.15, 0.2) is 0 Å². The fraction of sp³-hybridized carbons (Fsp3) is 0.983. The smallest absolute Gasteiger partial charge is 0.220 e. The molecule has 0 saturated carbocycles. The van der Waals surface area contributed by atoms with Crippen LogP contribution in [0.2, 0.25) is 0 Å². The fourth-order valence-electron chi connectivity index (χ4n) is 10.8. The van der Waals surface area contributed by atoms with E-state index in [1.807, 2.05) is 0 Å². The van der Waals surface area contributed by atoms with Gasteiger partial charge in [-0.3, -0.25) is 4.79 Å². The SMILES string of the molecule is CCCCCCCCCCCCCCCCCCCCCCC(=O)NC(COC1OC(CO)C(OC2OC(CO)C(O)C(O)C2O)C(O)C1O)C(O)CCCCCCCCCCCCCCCCCCCCCC. The van der Waals surface area contributed by atoms with Crippen LogP contribution >= 0.6 is 0 Å². The van der Waals surface area contributed by atoms with Crippen molar-refractivity contribution in [1.29, 1.82) is 0 Å². The average molecular weight is 1060 g/mol. The van der Waals surface area contributed by atoms with E-state index in [4.69, 9.17) is 18.9 Å². The van der Waals surface area contributed by atoms with Crippen molar-refractivity contribution < 1.29 is 64.6 Å². The van der Waals surface area contributed by atoms with Gasteiger partial charge in [-0.25, -0.2) is 0 Å². The summed E-state index contributed by atoms with van der Waals surface area (Å²) in [6, 6.07) is -0.823. The molecule has 2 aliphatic rings. The van der Waals surface area contributed by atoms with Gasteiger partial charge in [0, 0.05) is 6.42 Å². The number of unbranched alkanes of at least 4 members (excludes halogenated alkanes) is 38. The summed E-state index contributed by atoms with van der Waals surface area (Å²) < 4.78 is 22.9. The molecule has 2 heterocycles. The summed E-state index contributed by atoms with van der Waals surface area (Å²) in [7, 11) is 0. The number of carbonyl (C=O) groups is 1. The largest absolute Gasteiger partial charge is 0.394 e. The Hall–Kier alpha value is -1.01. The van der Waals surface area contributed by atoms with E-state index in [1.54, 1.807) is 0 Å². The molecule has 0 spiro atoms. The van der Waals surface area contributed by atoms with Crippen LogP contribution in [-0.4, -0.2) is 140 Å². The number of ether oxygens (including phenoxy) is 4. The third kappa shape index (κ3) is 32.2. The van der Waals surface area contributed by atoms with E-state index < -0.39 is 86.8 Å². The predicted octanol–water partition coefficient (Wildman–Crippen LogP) is 10.9. The van der Waals surface area contributed by atoms with E-state index in [9.17, 15) is 45.6 Å². The molecule has 14 heteroatoms. The molecule has 0 aromatic carbocycles. The van der Waals surface area contributed by atoms with Crippen molar-refractivity contribution in [2.24, 2.45) is 0 Å². The minimum atomic E-state index is -1.78. The lowest BCUT2D eigenvalue weighted by Crippen LogP contribution is -2.65. The summed E-state index contributed by atoms with van der Waals surface area (Å²) in [5.41, 5.74) is 0. The minimum Gasteiger partial charge on any atom is -0.394 e. The van der Waals surface area contributed by atoms with E-state index in [0.717, 1.165) is 51.4 Å². The van der Waals surface area contributed by atoms with Gasteiger partial charge in [0.1, 0.15) is 48.8 Å². The molecule has 0 aromatic heterocycles. The van der Waals surface area contributed by atoms with Crippen molar-refractivity contribution >= 4 is 5.91 Å². The normalized spacial score (nSPS) is 25.1. The maximum Gasteiger partial charge on any atom is 0.220 e. The van der Waals surface area contributed by atoms with E-state index in [0.29, 0.717) is 12.8 Å². The Bertz CT molecular complexity index is 1250. The topological polar surface area (TPSA) is 228 Å². The third-order valence-corrected chi connectivity index (χ3v) is 15.8. The summed E-state index contributed by atoms with van der Waals surface area (Å²) in [5, 5.41) is 87.4. The first-order chi connectivity index (χ1) is 36.1.